The molecule has 0 aromatic carbocycles. The Morgan fingerprint density at radius 3 is 2.50 bits per heavy atom. The van der Waals surface area contributed by atoms with E-state index in [1.54, 1.807) is 0 Å². The van der Waals surface area contributed by atoms with Crippen molar-refractivity contribution in [3.63, 3.8) is 0 Å². The SMILES string of the molecule is O=[N+]([O-])c1c[nH]c(=S)c(C(F)(F)F)c1. The maximum atomic E-state index is 12.2. The van der Waals surface area contributed by atoms with Crippen molar-refractivity contribution in [3.05, 3.63) is 32.6 Å². The Morgan fingerprint density at radius 2 is 2.07 bits per heavy atom. The fourth-order valence-electron chi connectivity index (χ4n) is 0.788. The van der Waals surface area contributed by atoms with Crippen LogP contribution in [0.5, 0.6) is 0 Å². The largest absolute Gasteiger partial charge is 0.419 e. The Hall–Kier alpha value is -1.44. The molecule has 0 amide bonds. The molecule has 14 heavy (non-hydrogen) atoms. The normalized spacial score (nSPS) is 11.4. The highest BCUT2D eigenvalue weighted by Gasteiger charge is 2.33. The second-order valence-corrected chi connectivity index (χ2v) is 2.76. The molecule has 76 valence electrons. The summed E-state index contributed by atoms with van der Waals surface area (Å²) in [4.78, 5) is 11.3. The van der Waals surface area contributed by atoms with E-state index in [0.29, 0.717) is 6.07 Å². The maximum Gasteiger partial charge on any atom is 0.419 e. The van der Waals surface area contributed by atoms with Crippen LogP contribution in [0.15, 0.2) is 12.3 Å². The second kappa shape index (κ2) is 3.37. The highest BCUT2D eigenvalue weighted by atomic mass is 32.1. The summed E-state index contributed by atoms with van der Waals surface area (Å²) in [7, 11) is 0. The van der Waals surface area contributed by atoms with Gasteiger partial charge in [0.05, 0.1) is 16.7 Å². The number of halogens is 3. The predicted molar refractivity (Wildman–Crippen MR) is 43.3 cm³/mol. The first-order chi connectivity index (χ1) is 6.32. The molecule has 1 aromatic heterocycles. The lowest BCUT2D eigenvalue weighted by molar-refractivity contribution is -0.385. The fraction of sp³-hybridized carbons (Fsp3) is 0.167. The van der Waals surface area contributed by atoms with Gasteiger partial charge in [-0.25, -0.2) is 0 Å². The quantitative estimate of drug-likeness (QED) is 0.453. The maximum absolute atomic E-state index is 12.2. The molecule has 4 nitrogen and oxygen atoms in total. The molecule has 1 aromatic rings. The van der Waals surface area contributed by atoms with Gasteiger partial charge in [0.25, 0.3) is 5.69 Å². The van der Waals surface area contributed by atoms with E-state index < -0.39 is 27.0 Å². The molecule has 1 N–H and O–H groups in total. The van der Waals surface area contributed by atoms with Crippen molar-refractivity contribution >= 4 is 17.9 Å². The van der Waals surface area contributed by atoms with E-state index in [1.807, 2.05) is 4.98 Å². The van der Waals surface area contributed by atoms with Crippen LogP contribution in [0.3, 0.4) is 0 Å². The number of nitrogens with zero attached hydrogens (tertiary/aromatic N) is 1. The van der Waals surface area contributed by atoms with Gasteiger partial charge in [-0.1, -0.05) is 12.2 Å². The molecular weight excluding hydrogens is 221 g/mol. The Bertz CT molecular complexity index is 426. The van der Waals surface area contributed by atoms with Gasteiger partial charge in [0.1, 0.15) is 4.64 Å². The molecule has 1 heterocycles. The lowest BCUT2D eigenvalue weighted by Gasteiger charge is -2.05. The van der Waals surface area contributed by atoms with Crippen LogP contribution in [0.4, 0.5) is 18.9 Å². The molecular formula is C6H3F3N2O2S. The number of hydrogen-bond acceptors (Lipinski definition) is 3. The summed E-state index contributed by atoms with van der Waals surface area (Å²) in [6.45, 7) is 0. The van der Waals surface area contributed by atoms with Crippen molar-refractivity contribution < 1.29 is 18.1 Å². The summed E-state index contributed by atoms with van der Waals surface area (Å²) in [6.07, 6.45) is -3.86. The number of pyridine rings is 1. The van der Waals surface area contributed by atoms with Crippen LogP contribution < -0.4 is 0 Å². The minimum Gasteiger partial charge on any atom is -0.347 e. The van der Waals surface area contributed by atoms with E-state index in [0.717, 1.165) is 6.20 Å². The Labute approximate surface area is 80.5 Å². The molecule has 0 saturated heterocycles. The molecule has 0 fully saturated rings. The Morgan fingerprint density at radius 1 is 1.50 bits per heavy atom. The molecule has 1 rings (SSSR count). The van der Waals surface area contributed by atoms with Crippen molar-refractivity contribution in [1.29, 1.82) is 0 Å². The van der Waals surface area contributed by atoms with Crippen LogP contribution in [0.2, 0.25) is 0 Å². The first-order valence-electron chi connectivity index (χ1n) is 3.26. The molecule has 0 bridgehead atoms. The molecule has 0 radical (unpaired) electrons. The van der Waals surface area contributed by atoms with Crippen molar-refractivity contribution in [2.45, 2.75) is 6.18 Å². The second-order valence-electron chi connectivity index (χ2n) is 2.36. The number of rotatable bonds is 1. The third-order valence-electron chi connectivity index (χ3n) is 1.40. The van der Waals surface area contributed by atoms with Crippen molar-refractivity contribution in [2.24, 2.45) is 0 Å². The van der Waals surface area contributed by atoms with Crippen LogP contribution in [-0.2, 0) is 6.18 Å². The van der Waals surface area contributed by atoms with Crippen LogP contribution in [-0.4, -0.2) is 9.91 Å². The topological polar surface area (TPSA) is 58.9 Å². The van der Waals surface area contributed by atoms with Gasteiger partial charge in [-0.05, 0) is 0 Å². The Balaban J connectivity index is 3.37. The van der Waals surface area contributed by atoms with Gasteiger partial charge in [0.15, 0.2) is 0 Å². The lowest BCUT2D eigenvalue weighted by Crippen LogP contribution is -2.07. The standard InChI is InChI=1S/C6H3F3N2O2S/c7-6(8,9)4-1-3(11(12)13)2-10-5(4)14/h1-2H,(H,10,14). The number of nitro groups is 1. The van der Waals surface area contributed by atoms with E-state index in [-0.39, 0.29) is 0 Å². The van der Waals surface area contributed by atoms with Crippen LogP contribution in [0, 0.1) is 14.8 Å². The summed E-state index contributed by atoms with van der Waals surface area (Å²) in [5.74, 6) is 0. The fourth-order valence-corrected chi connectivity index (χ4v) is 1.02. The van der Waals surface area contributed by atoms with E-state index in [2.05, 4.69) is 12.2 Å². The highest BCUT2D eigenvalue weighted by molar-refractivity contribution is 7.71. The van der Waals surface area contributed by atoms with Gasteiger partial charge in [0, 0.05) is 6.07 Å². The van der Waals surface area contributed by atoms with E-state index in [1.165, 1.54) is 0 Å². The first-order valence-corrected chi connectivity index (χ1v) is 3.67. The zero-order valence-corrected chi connectivity index (χ0v) is 7.28. The number of aromatic amines is 1. The molecule has 0 atom stereocenters. The van der Waals surface area contributed by atoms with Gasteiger partial charge in [0.2, 0.25) is 0 Å². The summed E-state index contributed by atoms with van der Waals surface area (Å²) < 4.78 is 36.0. The van der Waals surface area contributed by atoms with Gasteiger partial charge in [-0.15, -0.1) is 0 Å². The minimum absolute atomic E-state index is 0.402. The smallest absolute Gasteiger partial charge is 0.347 e. The highest BCUT2D eigenvalue weighted by Crippen LogP contribution is 2.31. The zero-order chi connectivity index (χ0) is 10.9. The van der Waals surface area contributed by atoms with Crippen LogP contribution in [0.1, 0.15) is 5.56 Å². The van der Waals surface area contributed by atoms with Gasteiger partial charge < -0.3 is 4.98 Å². The molecule has 8 heteroatoms. The summed E-state index contributed by atoms with van der Waals surface area (Å²) in [5, 5.41) is 10.2. The van der Waals surface area contributed by atoms with Crippen molar-refractivity contribution in [3.8, 4) is 0 Å². The van der Waals surface area contributed by atoms with Gasteiger partial charge in [-0.2, -0.15) is 13.2 Å². The van der Waals surface area contributed by atoms with Crippen LogP contribution in [0.25, 0.3) is 0 Å². The monoisotopic (exact) mass is 224 g/mol. The number of H-pyrrole nitrogens is 1. The third-order valence-corrected chi connectivity index (χ3v) is 1.74. The molecule has 0 aliphatic heterocycles. The average molecular weight is 224 g/mol. The zero-order valence-electron chi connectivity index (χ0n) is 6.46. The van der Waals surface area contributed by atoms with E-state index in [4.69, 9.17) is 0 Å². The number of aromatic nitrogens is 1. The van der Waals surface area contributed by atoms with Gasteiger partial charge >= 0.3 is 6.18 Å². The molecule has 0 spiro atoms. The predicted octanol–water partition coefficient (Wildman–Crippen LogP) is 2.67. The number of hydrogen-bond donors (Lipinski definition) is 1. The summed E-state index contributed by atoms with van der Waals surface area (Å²) in [5.41, 5.74) is -1.88. The molecule has 0 unspecified atom stereocenters. The van der Waals surface area contributed by atoms with Crippen molar-refractivity contribution in [1.82, 2.24) is 4.98 Å². The number of nitrogens with one attached hydrogen (secondary N) is 1. The van der Waals surface area contributed by atoms with E-state index >= 15 is 0 Å². The minimum atomic E-state index is -4.68. The summed E-state index contributed by atoms with van der Waals surface area (Å²) in [6, 6.07) is 0.402. The molecule has 0 aliphatic carbocycles. The summed E-state index contributed by atoms with van der Waals surface area (Å²) >= 11 is 4.35. The van der Waals surface area contributed by atoms with Gasteiger partial charge in [-0.3, -0.25) is 10.1 Å². The first kappa shape index (κ1) is 10.6. The molecule has 0 aliphatic rings. The number of alkyl halides is 3. The Kier molecular flexibility index (Phi) is 2.56. The third kappa shape index (κ3) is 2.08. The van der Waals surface area contributed by atoms with Crippen molar-refractivity contribution in [2.75, 3.05) is 0 Å². The van der Waals surface area contributed by atoms with E-state index in [9.17, 15) is 23.3 Å². The lowest BCUT2D eigenvalue weighted by atomic mass is 10.2. The average Bonchev–Trinajstić information content (AvgIpc) is 2.02. The van der Waals surface area contributed by atoms with Crippen LogP contribution >= 0.6 is 12.2 Å². The molecule has 0 saturated carbocycles.